The summed E-state index contributed by atoms with van der Waals surface area (Å²) in [7, 11) is 0. The molecule has 116 valence electrons. The van der Waals surface area contributed by atoms with Crippen molar-refractivity contribution < 1.29 is 4.79 Å². The van der Waals surface area contributed by atoms with Crippen LogP contribution in [0.25, 0.3) is 0 Å². The van der Waals surface area contributed by atoms with Gasteiger partial charge in [-0.2, -0.15) is 5.10 Å². The molecule has 1 atom stereocenters. The summed E-state index contributed by atoms with van der Waals surface area (Å²) in [5.41, 5.74) is 1.03. The van der Waals surface area contributed by atoms with Gasteiger partial charge >= 0.3 is 0 Å². The number of likely N-dealkylation sites (tertiary alicyclic amines) is 1. The molecule has 1 fully saturated rings. The van der Waals surface area contributed by atoms with Crippen LogP contribution in [-0.2, 0) is 11.3 Å². The van der Waals surface area contributed by atoms with Crippen LogP contribution in [0.5, 0.6) is 0 Å². The monoisotopic (exact) mass is 300 g/mol. The Morgan fingerprint density at radius 3 is 3.05 bits per heavy atom. The van der Waals surface area contributed by atoms with Crippen molar-refractivity contribution in [3.05, 3.63) is 52.7 Å². The third-order valence-corrected chi connectivity index (χ3v) is 4.20. The predicted molar refractivity (Wildman–Crippen MR) is 82.5 cm³/mol. The molecule has 0 bridgehead atoms. The van der Waals surface area contributed by atoms with E-state index in [9.17, 15) is 9.59 Å². The van der Waals surface area contributed by atoms with E-state index >= 15 is 0 Å². The van der Waals surface area contributed by atoms with Gasteiger partial charge in [-0.3, -0.25) is 14.7 Å². The van der Waals surface area contributed by atoms with Gasteiger partial charge in [-0.1, -0.05) is 6.07 Å². The van der Waals surface area contributed by atoms with Crippen LogP contribution in [0, 0.1) is 0 Å². The van der Waals surface area contributed by atoms with Crippen LogP contribution >= 0.6 is 0 Å². The third kappa shape index (κ3) is 3.27. The van der Waals surface area contributed by atoms with Crippen molar-refractivity contribution in [1.82, 2.24) is 19.7 Å². The number of aromatic nitrogens is 3. The molecule has 0 spiro atoms. The van der Waals surface area contributed by atoms with Crippen LogP contribution in [0.4, 0.5) is 0 Å². The summed E-state index contributed by atoms with van der Waals surface area (Å²) >= 11 is 0. The minimum absolute atomic E-state index is 0.0655. The number of H-pyrrole nitrogens is 1. The number of nitrogens with zero attached hydrogens (tertiary/aromatic N) is 3. The standard InChI is InChI=1S/C16H20N4O2/c21-15-5-1-2-9-19(15)11-7-16(22)20-10-3-4-13(12-20)14-6-8-17-18-14/h1-2,5-6,8-9,13H,3-4,7,10-12H2,(H,17,18)/t13-/m0/s1. The average molecular weight is 300 g/mol. The van der Waals surface area contributed by atoms with Crippen LogP contribution < -0.4 is 5.56 Å². The van der Waals surface area contributed by atoms with Crippen LogP contribution in [0.15, 0.2) is 41.5 Å². The fourth-order valence-corrected chi connectivity index (χ4v) is 2.97. The summed E-state index contributed by atoms with van der Waals surface area (Å²) in [4.78, 5) is 25.9. The minimum Gasteiger partial charge on any atom is -0.342 e. The van der Waals surface area contributed by atoms with E-state index in [1.54, 1.807) is 29.1 Å². The first-order valence-corrected chi connectivity index (χ1v) is 7.66. The molecule has 3 heterocycles. The molecule has 0 radical (unpaired) electrons. The van der Waals surface area contributed by atoms with Gasteiger partial charge in [-0.25, -0.2) is 0 Å². The number of hydrogen-bond donors (Lipinski definition) is 1. The Morgan fingerprint density at radius 2 is 2.27 bits per heavy atom. The highest BCUT2D eigenvalue weighted by Crippen LogP contribution is 2.25. The van der Waals surface area contributed by atoms with Crippen LogP contribution in [0.3, 0.4) is 0 Å². The van der Waals surface area contributed by atoms with Crippen molar-refractivity contribution in [2.24, 2.45) is 0 Å². The first-order chi connectivity index (χ1) is 10.7. The molecule has 2 aromatic heterocycles. The second-order valence-electron chi connectivity index (χ2n) is 5.67. The molecule has 1 N–H and O–H groups in total. The Morgan fingerprint density at radius 1 is 1.36 bits per heavy atom. The Bertz CT molecular complexity index is 677. The number of piperidine rings is 1. The molecule has 0 unspecified atom stereocenters. The van der Waals surface area contributed by atoms with E-state index in [2.05, 4.69) is 10.2 Å². The summed E-state index contributed by atoms with van der Waals surface area (Å²) in [5, 5.41) is 6.98. The quantitative estimate of drug-likeness (QED) is 0.927. The number of rotatable bonds is 4. The number of aromatic amines is 1. The molecular formula is C16H20N4O2. The van der Waals surface area contributed by atoms with Crippen molar-refractivity contribution in [3.63, 3.8) is 0 Å². The van der Waals surface area contributed by atoms with E-state index in [0.29, 0.717) is 18.9 Å². The number of amides is 1. The van der Waals surface area contributed by atoms with Crippen molar-refractivity contribution in [1.29, 1.82) is 0 Å². The zero-order valence-corrected chi connectivity index (χ0v) is 12.4. The first-order valence-electron chi connectivity index (χ1n) is 7.66. The minimum atomic E-state index is -0.0655. The zero-order chi connectivity index (χ0) is 15.4. The Balaban J connectivity index is 1.58. The van der Waals surface area contributed by atoms with E-state index < -0.39 is 0 Å². The first kappa shape index (κ1) is 14.6. The number of aryl methyl sites for hydroxylation is 1. The lowest BCUT2D eigenvalue weighted by Gasteiger charge is -2.32. The van der Waals surface area contributed by atoms with Gasteiger partial charge < -0.3 is 9.47 Å². The van der Waals surface area contributed by atoms with E-state index in [0.717, 1.165) is 31.6 Å². The average Bonchev–Trinajstić information content (AvgIpc) is 3.08. The Labute approximate surface area is 128 Å². The van der Waals surface area contributed by atoms with E-state index in [-0.39, 0.29) is 11.5 Å². The molecule has 22 heavy (non-hydrogen) atoms. The second-order valence-corrected chi connectivity index (χ2v) is 5.67. The van der Waals surface area contributed by atoms with E-state index in [1.807, 2.05) is 11.0 Å². The summed E-state index contributed by atoms with van der Waals surface area (Å²) in [5.74, 6) is 0.444. The molecule has 0 aliphatic carbocycles. The summed E-state index contributed by atoms with van der Waals surface area (Å²) < 4.78 is 1.58. The smallest absolute Gasteiger partial charge is 0.250 e. The highest BCUT2D eigenvalue weighted by Gasteiger charge is 2.25. The molecule has 6 nitrogen and oxygen atoms in total. The number of hydrogen-bond acceptors (Lipinski definition) is 3. The predicted octanol–water partition coefficient (Wildman–Crippen LogP) is 1.37. The Hall–Kier alpha value is -2.37. The maximum atomic E-state index is 12.4. The lowest BCUT2D eigenvalue weighted by Crippen LogP contribution is -2.39. The fourth-order valence-electron chi connectivity index (χ4n) is 2.97. The number of carbonyl (C=O) groups is 1. The third-order valence-electron chi connectivity index (χ3n) is 4.20. The van der Waals surface area contributed by atoms with Crippen LogP contribution in [0.2, 0.25) is 0 Å². The maximum absolute atomic E-state index is 12.4. The number of carbonyl (C=O) groups excluding carboxylic acids is 1. The van der Waals surface area contributed by atoms with E-state index in [4.69, 9.17) is 0 Å². The van der Waals surface area contributed by atoms with Crippen molar-refractivity contribution in [3.8, 4) is 0 Å². The highest BCUT2D eigenvalue weighted by molar-refractivity contribution is 5.76. The second kappa shape index (κ2) is 6.60. The molecule has 3 rings (SSSR count). The van der Waals surface area contributed by atoms with Gasteiger partial charge in [-0.05, 0) is 25.0 Å². The largest absolute Gasteiger partial charge is 0.342 e. The van der Waals surface area contributed by atoms with Gasteiger partial charge in [0.2, 0.25) is 5.91 Å². The summed E-state index contributed by atoms with van der Waals surface area (Å²) in [6.45, 7) is 1.96. The van der Waals surface area contributed by atoms with Crippen molar-refractivity contribution >= 4 is 5.91 Å². The Kier molecular flexibility index (Phi) is 4.37. The molecule has 1 aliphatic rings. The summed E-state index contributed by atoms with van der Waals surface area (Å²) in [6, 6.07) is 7.00. The van der Waals surface area contributed by atoms with Gasteiger partial charge in [0.1, 0.15) is 0 Å². The molecule has 0 saturated carbocycles. The van der Waals surface area contributed by atoms with Gasteiger partial charge in [0.25, 0.3) is 5.56 Å². The van der Waals surface area contributed by atoms with Crippen LogP contribution in [0.1, 0.15) is 30.9 Å². The van der Waals surface area contributed by atoms with Crippen molar-refractivity contribution in [2.75, 3.05) is 13.1 Å². The van der Waals surface area contributed by atoms with Gasteiger partial charge in [-0.15, -0.1) is 0 Å². The summed E-state index contributed by atoms with van der Waals surface area (Å²) in [6.07, 6.45) is 5.90. The van der Waals surface area contributed by atoms with E-state index in [1.165, 1.54) is 6.07 Å². The molecule has 1 amide bonds. The normalized spacial score (nSPS) is 18.4. The van der Waals surface area contributed by atoms with Gasteiger partial charge in [0.15, 0.2) is 0 Å². The topological polar surface area (TPSA) is 71.0 Å². The lowest BCUT2D eigenvalue weighted by molar-refractivity contribution is -0.132. The molecule has 6 heteroatoms. The van der Waals surface area contributed by atoms with Crippen molar-refractivity contribution in [2.45, 2.75) is 31.7 Å². The molecular weight excluding hydrogens is 280 g/mol. The highest BCUT2D eigenvalue weighted by atomic mass is 16.2. The number of pyridine rings is 1. The molecule has 2 aromatic rings. The SMILES string of the molecule is O=C(CCn1ccccc1=O)N1CCC[C@H](c2ccn[nH]2)C1. The van der Waals surface area contributed by atoms with Gasteiger partial charge in [0.05, 0.1) is 0 Å². The molecule has 1 saturated heterocycles. The molecule has 1 aliphatic heterocycles. The van der Waals surface area contributed by atoms with Crippen LogP contribution in [-0.4, -0.2) is 38.7 Å². The number of nitrogens with one attached hydrogen (secondary N) is 1. The maximum Gasteiger partial charge on any atom is 0.250 e. The molecule has 0 aromatic carbocycles. The fraction of sp³-hybridized carbons (Fsp3) is 0.438. The van der Waals surface area contributed by atoms with Gasteiger partial charge in [0, 0.05) is 56.1 Å². The lowest BCUT2D eigenvalue weighted by atomic mass is 9.95. The zero-order valence-electron chi connectivity index (χ0n) is 12.4.